The van der Waals surface area contributed by atoms with Crippen LogP contribution in [0.5, 0.6) is 0 Å². The summed E-state index contributed by atoms with van der Waals surface area (Å²) in [7, 11) is 0. The number of fused-ring (bicyclic) bond motifs is 1. The first-order valence-corrected chi connectivity index (χ1v) is 10.1. The Morgan fingerprint density at radius 1 is 0.970 bits per heavy atom. The molecule has 0 aliphatic heterocycles. The lowest BCUT2D eigenvalue weighted by Gasteiger charge is -2.05. The molecule has 0 radical (unpaired) electrons. The van der Waals surface area contributed by atoms with Gasteiger partial charge in [0, 0.05) is 22.9 Å². The fourth-order valence-corrected chi connectivity index (χ4v) is 3.54. The number of pyridine rings is 1. The van der Waals surface area contributed by atoms with E-state index in [0.717, 1.165) is 5.56 Å². The van der Waals surface area contributed by atoms with E-state index < -0.39 is 0 Å². The summed E-state index contributed by atoms with van der Waals surface area (Å²) >= 11 is 0. The van der Waals surface area contributed by atoms with Crippen molar-refractivity contribution in [3.05, 3.63) is 96.2 Å². The molecule has 0 spiro atoms. The van der Waals surface area contributed by atoms with Crippen molar-refractivity contribution in [2.75, 3.05) is 11.1 Å². The van der Waals surface area contributed by atoms with Gasteiger partial charge in [0.05, 0.1) is 11.9 Å². The summed E-state index contributed by atoms with van der Waals surface area (Å²) in [5.74, 6) is 0.132. The SMILES string of the molecule is Nc1ncnc2c1c(-c1ccc(C(=O)Nc3ccccn3)cc1)nn2Cc1ccccc1F. The zero-order valence-corrected chi connectivity index (χ0v) is 17.3. The number of nitrogens with one attached hydrogen (secondary N) is 1. The molecule has 5 rings (SSSR count). The maximum atomic E-state index is 14.2. The molecule has 33 heavy (non-hydrogen) atoms. The highest BCUT2D eigenvalue weighted by Crippen LogP contribution is 2.30. The Kier molecular flexibility index (Phi) is 5.19. The fraction of sp³-hybridized carbons (Fsp3) is 0.0417. The summed E-state index contributed by atoms with van der Waals surface area (Å²) in [4.78, 5) is 25.0. The van der Waals surface area contributed by atoms with Gasteiger partial charge in [0.2, 0.25) is 0 Å². The van der Waals surface area contributed by atoms with Crippen molar-refractivity contribution in [3.8, 4) is 11.3 Å². The van der Waals surface area contributed by atoms with Crippen LogP contribution in [0.2, 0.25) is 0 Å². The van der Waals surface area contributed by atoms with Gasteiger partial charge in [0.25, 0.3) is 5.91 Å². The van der Waals surface area contributed by atoms with Gasteiger partial charge in [-0.2, -0.15) is 5.10 Å². The van der Waals surface area contributed by atoms with Crippen LogP contribution >= 0.6 is 0 Å². The van der Waals surface area contributed by atoms with E-state index in [2.05, 4.69) is 25.4 Å². The van der Waals surface area contributed by atoms with E-state index in [0.29, 0.717) is 33.7 Å². The van der Waals surface area contributed by atoms with Gasteiger partial charge in [-0.15, -0.1) is 0 Å². The molecular weight excluding hydrogens is 421 g/mol. The number of carbonyl (C=O) groups excluding carboxylic acids is 1. The highest BCUT2D eigenvalue weighted by Gasteiger charge is 2.18. The first kappa shape index (κ1) is 20.3. The quantitative estimate of drug-likeness (QED) is 0.429. The minimum absolute atomic E-state index is 0.185. The van der Waals surface area contributed by atoms with Crippen molar-refractivity contribution in [1.82, 2.24) is 24.7 Å². The predicted molar refractivity (Wildman–Crippen MR) is 123 cm³/mol. The number of carbonyl (C=O) groups is 1. The largest absolute Gasteiger partial charge is 0.383 e. The number of nitrogens with two attached hydrogens (primary N) is 1. The van der Waals surface area contributed by atoms with E-state index in [1.54, 1.807) is 71.5 Å². The van der Waals surface area contributed by atoms with Crippen LogP contribution in [0, 0.1) is 5.82 Å². The molecule has 0 fully saturated rings. The molecule has 0 saturated heterocycles. The summed E-state index contributed by atoms with van der Waals surface area (Å²) < 4.78 is 15.8. The molecule has 0 unspecified atom stereocenters. The van der Waals surface area contributed by atoms with Crippen LogP contribution in [0.15, 0.2) is 79.3 Å². The van der Waals surface area contributed by atoms with Crippen molar-refractivity contribution < 1.29 is 9.18 Å². The molecule has 0 bridgehead atoms. The Hall–Kier alpha value is -4.66. The normalized spacial score (nSPS) is 10.9. The molecule has 3 aromatic heterocycles. The molecule has 3 N–H and O–H groups in total. The molecule has 9 heteroatoms. The molecule has 0 atom stereocenters. The Bertz CT molecular complexity index is 1450. The number of nitrogens with zero attached hydrogens (tertiary/aromatic N) is 5. The van der Waals surface area contributed by atoms with Gasteiger partial charge in [-0.3, -0.25) is 4.79 Å². The van der Waals surface area contributed by atoms with Crippen LogP contribution < -0.4 is 11.1 Å². The third kappa shape index (κ3) is 3.99. The van der Waals surface area contributed by atoms with E-state index in [-0.39, 0.29) is 24.1 Å². The highest BCUT2D eigenvalue weighted by atomic mass is 19.1. The topological polar surface area (TPSA) is 112 Å². The van der Waals surface area contributed by atoms with Crippen LogP contribution in [0.25, 0.3) is 22.3 Å². The number of aromatic nitrogens is 5. The van der Waals surface area contributed by atoms with E-state index in [9.17, 15) is 9.18 Å². The summed E-state index contributed by atoms with van der Waals surface area (Å²) in [6.07, 6.45) is 2.96. The van der Waals surface area contributed by atoms with E-state index in [4.69, 9.17) is 5.73 Å². The Morgan fingerprint density at radius 2 is 1.76 bits per heavy atom. The number of halogens is 1. The van der Waals surface area contributed by atoms with Gasteiger partial charge in [0.1, 0.15) is 29.5 Å². The fourth-order valence-electron chi connectivity index (χ4n) is 3.54. The Morgan fingerprint density at radius 3 is 2.52 bits per heavy atom. The highest BCUT2D eigenvalue weighted by molar-refractivity contribution is 6.04. The number of amides is 1. The van der Waals surface area contributed by atoms with Gasteiger partial charge in [0.15, 0.2) is 5.65 Å². The van der Waals surface area contributed by atoms with E-state index in [1.807, 2.05) is 0 Å². The zero-order chi connectivity index (χ0) is 22.8. The van der Waals surface area contributed by atoms with Crippen molar-refractivity contribution >= 4 is 28.6 Å². The number of benzene rings is 2. The molecule has 0 saturated carbocycles. The number of rotatable bonds is 5. The molecule has 8 nitrogen and oxygen atoms in total. The molecule has 162 valence electrons. The second-order valence-electron chi connectivity index (χ2n) is 7.30. The maximum Gasteiger partial charge on any atom is 0.256 e. The van der Waals surface area contributed by atoms with Crippen molar-refractivity contribution in [3.63, 3.8) is 0 Å². The standard InChI is InChI=1S/C24H18FN7O/c25-18-6-2-1-5-17(18)13-32-23-20(22(26)28-14-29-23)21(31-32)15-8-10-16(11-9-15)24(33)30-19-7-3-4-12-27-19/h1-12,14H,13H2,(H2,26,28,29)(H,27,30,33). The van der Waals surface area contributed by atoms with Crippen LogP contribution in [0.3, 0.4) is 0 Å². The predicted octanol–water partition coefficient (Wildman–Crippen LogP) is 3.91. The number of anilines is 2. The number of hydrogen-bond acceptors (Lipinski definition) is 6. The van der Waals surface area contributed by atoms with Gasteiger partial charge >= 0.3 is 0 Å². The molecule has 0 aliphatic rings. The third-order valence-corrected chi connectivity index (χ3v) is 5.16. The van der Waals surface area contributed by atoms with Gasteiger partial charge < -0.3 is 11.1 Å². The monoisotopic (exact) mass is 439 g/mol. The first-order valence-electron chi connectivity index (χ1n) is 10.1. The van der Waals surface area contributed by atoms with Gasteiger partial charge in [-0.05, 0) is 30.3 Å². The molecular formula is C24H18FN7O. The van der Waals surface area contributed by atoms with Crippen LogP contribution in [-0.2, 0) is 6.54 Å². The molecule has 0 aliphatic carbocycles. The maximum absolute atomic E-state index is 14.2. The van der Waals surface area contributed by atoms with Crippen LogP contribution in [0.1, 0.15) is 15.9 Å². The van der Waals surface area contributed by atoms with Crippen LogP contribution in [0.4, 0.5) is 16.0 Å². The molecule has 1 amide bonds. The summed E-state index contributed by atoms with van der Waals surface area (Å²) in [6.45, 7) is 0.185. The lowest BCUT2D eigenvalue weighted by Crippen LogP contribution is -2.12. The smallest absolute Gasteiger partial charge is 0.256 e. The third-order valence-electron chi connectivity index (χ3n) is 5.16. The average molecular weight is 439 g/mol. The summed E-state index contributed by atoms with van der Waals surface area (Å²) in [6, 6.07) is 18.7. The lowest BCUT2D eigenvalue weighted by molar-refractivity contribution is 0.102. The van der Waals surface area contributed by atoms with E-state index >= 15 is 0 Å². The Labute approximate surface area is 187 Å². The minimum Gasteiger partial charge on any atom is -0.383 e. The number of nitrogen functional groups attached to an aromatic ring is 1. The second-order valence-corrected chi connectivity index (χ2v) is 7.30. The molecule has 5 aromatic rings. The zero-order valence-electron chi connectivity index (χ0n) is 17.3. The summed E-state index contributed by atoms with van der Waals surface area (Å²) in [5.41, 5.74) is 8.86. The second kappa shape index (κ2) is 8.46. The summed E-state index contributed by atoms with van der Waals surface area (Å²) in [5, 5.41) is 7.97. The first-order chi connectivity index (χ1) is 16.1. The molecule has 3 heterocycles. The van der Waals surface area contributed by atoms with Crippen molar-refractivity contribution in [1.29, 1.82) is 0 Å². The minimum atomic E-state index is -0.326. The van der Waals surface area contributed by atoms with Crippen molar-refractivity contribution in [2.45, 2.75) is 6.54 Å². The van der Waals surface area contributed by atoms with E-state index in [1.165, 1.54) is 12.4 Å². The van der Waals surface area contributed by atoms with Gasteiger partial charge in [-0.25, -0.2) is 24.0 Å². The van der Waals surface area contributed by atoms with Crippen molar-refractivity contribution in [2.24, 2.45) is 0 Å². The molecule has 2 aromatic carbocycles. The Balaban J connectivity index is 1.49. The van der Waals surface area contributed by atoms with Crippen LogP contribution in [-0.4, -0.2) is 30.6 Å². The number of hydrogen-bond donors (Lipinski definition) is 2. The van der Waals surface area contributed by atoms with Gasteiger partial charge in [-0.1, -0.05) is 36.4 Å². The lowest BCUT2D eigenvalue weighted by atomic mass is 10.1. The average Bonchev–Trinajstić information content (AvgIpc) is 3.21.